The minimum atomic E-state index is -0.865. The van der Waals surface area contributed by atoms with Gasteiger partial charge in [0, 0.05) is 19.5 Å². The third-order valence-electron chi connectivity index (χ3n) is 4.50. The fourth-order valence-electron chi connectivity index (χ4n) is 3.18. The quantitative estimate of drug-likeness (QED) is 0.581. The maximum atomic E-state index is 12.7. The molecule has 0 radical (unpaired) electrons. The summed E-state index contributed by atoms with van der Waals surface area (Å²) in [5, 5.41) is 2.74. The van der Waals surface area contributed by atoms with Crippen LogP contribution in [0.1, 0.15) is 13.3 Å². The van der Waals surface area contributed by atoms with Crippen molar-refractivity contribution in [3.05, 3.63) is 24.3 Å². The molecule has 2 aliphatic heterocycles. The predicted octanol–water partition coefficient (Wildman–Crippen LogP) is 0.188. The number of esters is 1. The maximum absolute atomic E-state index is 12.7. The van der Waals surface area contributed by atoms with E-state index in [0.29, 0.717) is 11.4 Å². The van der Waals surface area contributed by atoms with E-state index in [0.717, 1.165) is 4.90 Å². The van der Waals surface area contributed by atoms with Gasteiger partial charge in [0.25, 0.3) is 11.8 Å². The number of carbonyl (C=O) groups is 5. The lowest BCUT2D eigenvalue weighted by Gasteiger charge is -2.27. The molecule has 1 N–H and O–H groups in total. The van der Waals surface area contributed by atoms with E-state index >= 15 is 0 Å². The summed E-state index contributed by atoms with van der Waals surface area (Å²) >= 11 is 0. The number of benzene rings is 1. The van der Waals surface area contributed by atoms with Gasteiger partial charge in [-0.15, -0.1) is 0 Å². The van der Waals surface area contributed by atoms with Crippen LogP contribution in [0.5, 0.6) is 0 Å². The second-order valence-electron chi connectivity index (χ2n) is 6.66. The third kappa shape index (κ3) is 3.80. The fraction of sp³-hybridized carbons (Fsp3) is 0.389. The monoisotopic (exact) mass is 388 g/mol. The van der Waals surface area contributed by atoms with Crippen molar-refractivity contribution in [2.24, 2.45) is 0 Å². The number of carbonyl (C=O) groups excluding carboxylic acids is 5. The maximum Gasteiger partial charge on any atom is 0.327 e. The molecule has 1 atom stereocenters. The van der Waals surface area contributed by atoms with Crippen molar-refractivity contribution < 1.29 is 28.7 Å². The molecule has 3 rings (SSSR count). The Morgan fingerprint density at radius 1 is 1.21 bits per heavy atom. The minimum Gasteiger partial charge on any atom is -0.454 e. The Morgan fingerprint density at radius 2 is 1.93 bits per heavy atom. The SMILES string of the molecule is C[C@@H]1CC(=O)Nc2ccccc2N1C(=O)COC(=O)CN1C(=O)CN(C)C1=O. The molecule has 0 spiro atoms. The molecule has 1 aromatic rings. The van der Waals surface area contributed by atoms with E-state index in [-0.39, 0.29) is 18.9 Å². The highest BCUT2D eigenvalue weighted by atomic mass is 16.5. The number of anilines is 2. The van der Waals surface area contributed by atoms with Gasteiger partial charge in [-0.3, -0.25) is 24.1 Å². The van der Waals surface area contributed by atoms with Gasteiger partial charge in [-0.25, -0.2) is 4.79 Å². The van der Waals surface area contributed by atoms with E-state index in [1.54, 1.807) is 31.2 Å². The Kier molecular flexibility index (Phi) is 5.30. The van der Waals surface area contributed by atoms with Crippen LogP contribution in [0.4, 0.5) is 16.2 Å². The van der Waals surface area contributed by atoms with Crippen LogP contribution in [0.3, 0.4) is 0 Å². The van der Waals surface area contributed by atoms with E-state index in [2.05, 4.69) is 5.32 Å². The average molecular weight is 388 g/mol. The fourth-order valence-corrected chi connectivity index (χ4v) is 3.18. The van der Waals surface area contributed by atoms with Gasteiger partial charge in [0.05, 0.1) is 11.4 Å². The summed E-state index contributed by atoms with van der Waals surface area (Å²) in [7, 11) is 1.45. The zero-order valence-electron chi connectivity index (χ0n) is 15.5. The van der Waals surface area contributed by atoms with Crippen molar-refractivity contribution in [2.45, 2.75) is 19.4 Å². The Labute approximate surface area is 161 Å². The largest absolute Gasteiger partial charge is 0.454 e. The number of nitrogens with zero attached hydrogens (tertiary/aromatic N) is 3. The number of likely N-dealkylation sites (N-methyl/N-ethyl adjacent to an activating group) is 1. The van der Waals surface area contributed by atoms with Crippen LogP contribution in [0.2, 0.25) is 0 Å². The molecule has 10 nitrogen and oxygen atoms in total. The Morgan fingerprint density at radius 3 is 2.61 bits per heavy atom. The van der Waals surface area contributed by atoms with Gasteiger partial charge in [0.15, 0.2) is 6.61 Å². The minimum absolute atomic E-state index is 0.0947. The van der Waals surface area contributed by atoms with Crippen LogP contribution in [0.25, 0.3) is 0 Å². The topological polar surface area (TPSA) is 116 Å². The van der Waals surface area contributed by atoms with Crippen molar-refractivity contribution in [3.63, 3.8) is 0 Å². The van der Waals surface area contributed by atoms with E-state index < -0.39 is 43.0 Å². The summed E-state index contributed by atoms with van der Waals surface area (Å²) in [4.78, 5) is 63.5. The van der Waals surface area contributed by atoms with Crippen LogP contribution in [-0.2, 0) is 23.9 Å². The normalized spacial score (nSPS) is 19.3. The van der Waals surface area contributed by atoms with Crippen molar-refractivity contribution in [1.82, 2.24) is 9.80 Å². The second kappa shape index (κ2) is 7.67. The number of ether oxygens (including phenoxy) is 1. The Bertz CT molecular complexity index is 854. The molecular formula is C18H20N4O6. The first-order valence-corrected chi connectivity index (χ1v) is 8.70. The molecule has 10 heteroatoms. The number of urea groups is 1. The number of hydrogen-bond acceptors (Lipinski definition) is 6. The van der Waals surface area contributed by atoms with Gasteiger partial charge in [0.2, 0.25) is 5.91 Å². The second-order valence-corrected chi connectivity index (χ2v) is 6.66. The lowest BCUT2D eigenvalue weighted by atomic mass is 10.1. The first kappa shape index (κ1) is 19.3. The summed E-state index contributed by atoms with van der Waals surface area (Å²) in [6.45, 7) is 0.492. The highest BCUT2D eigenvalue weighted by Gasteiger charge is 2.36. The standard InChI is InChI=1S/C18H20N4O6/c1-11-7-14(23)19-12-5-3-4-6-13(12)22(11)16(25)10-28-17(26)9-21-15(24)8-20(2)18(21)27/h3-6,11H,7-10H2,1-2H3,(H,19,23)/t11-/m1/s1. The summed E-state index contributed by atoms with van der Waals surface area (Å²) in [6, 6.07) is 5.81. The van der Waals surface area contributed by atoms with Gasteiger partial charge < -0.3 is 19.9 Å². The number of nitrogens with one attached hydrogen (secondary N) is 1. The van der Waals surface area contributed by atoms with E-state index in [9.17, 15) is 24.0 Å². The summed E-state index contributed by atoms with van der Waals surface area (Å²) in [5.41, 5.74) is 1.00. The molecule has 0 saturated carbocycles. The number of amides is 5. The molecule has 5 amide bonds. The molecule has 1 aromatic carbocycles. The molecule has 148 valence electrons. The van der Waals surface area contributed by atoms with Gasteiger partial charge in [-0.05, 0) is 19.1 Å². The molecule has 1 saturated heterocycles. The van der Waals surface area contributed by atoms with E-state index in [4.69, 9.17) is 4.74 Å². The van der Waals surface area contributed by atoms with Gasteiger partial charge >= 0.3 is 12.0 Å². The van der Waals surface area contributed by atoms with Crippen LogP contribution in [0.15, 0.2) is 24.3 Å². The Hall–Kier alpha value is -3.43. The zero-order valence-corrected chi connectivity index (χ0v) is 15.5. The summed E-state index contributed by atoms with van der Waals surface area (Å²) < 4.78 is 4.98. The van der Waals surface area contributed by atoms with Crippen molar-refractivity contribution in [1.29, 1.82) is 0 Å². The molecule has 0 bridgehead atoms. The summed E-state index contributed by atoms with van der Waals surface area (Å²) in [6.07, 6.45) is 0.0947. The Balaban J connectivity index is 1.66. The van der Waals surface area contributed by atoms with Crippen molar-refractivity contribution >= 4 is 41.1 Å². The van der Waals surface area contributed by atoms with Crippen molar-refractivity contribution in [2.75, 3.05) is 37.0 Å². The smallest absolute Gasteiger partial charge is 0.327 e. The number of fused-ring (bicyclic) bond motifs is 1. The first-order chi connectivity index (χ1) is 13.3. The summed E-state index contributed by atoms with van der Waals surface area (Å²) in [5.74, 6) is -2.10. The predicted molar refractivity (Wildman–Crippen MR) is 97.3 cm³/mol. The zero-order chi connectivity index (χ0) is 20.4. The van der Waals surface area contributed by atoms with Crippen LogP contribution in [0, 0.1) is 0 Å². The lowest BCUT2D eigenvalue weighted by Crippen LogP contribution is -2.42. The molecule has 2 heterocycles. The van der Waals surface area contributed by atoms with Crippen LogP contribution >= 0.6 is 0 Å². The third-order valence-corrected chi connectivity index (χ3v) is 4.50. The van der Waals surface area contributed by atoms with Crippen molar-refractivity contribution in [3.8, 4) is 0 Å². The number of para-hydroxylation sites is 2. The highest BCUT2D eigenvalue weighted by molar-refractivity contribution is 6.06. The molecule has 0 unspecified atom stereocenters. The highest BCUT2D eigenvalue weighted by Crippen LogP contribution is 2.31. The molecular weight excluding hydrogens is 368 g/mol. The molecule has 1 fully saturated rings. The van der Waals surface area contributed by atoms with Crippen LogP contribution in [-0.4, -0.2) is 72.3 Å². The number of rotatable bonds is 4. The molecule has 28 heavy (non-hydrogen) atoms. The van der Waals surface area contributed by atoms with E-state index in [1.165, 1.54) is 16.8 Å². The van der Waals surface area contributed by atoms with Gasteiger partial charge in [-0.1, -0.05) is 12.1 Å². The molecule has 2 aliphatic rings. The average Bonchev–Trinajstić information content (AvgIpc) is 2.80. The number of hydrogen-bond donors (Lipinski definition) is 1. The van der Waals surface area contributed by atoms with Gasteiger partial charge in [-0.2, -0.15) is 0 Å². The lowest BCUT2D eigenvalue weighted by molar-refractivity contribution is -0.150. The first-order valence-electron chi connectivity index (χ1n) is 8.70. The number of imide groups is 1. The van der Waals surface area contributed by atoms with Gasteiger partial charge in [0.1, 0.15) is 13.1 Å². The van der Waals surface area contributed by atoms with Crippen LogP contribution < -0.4 is 10.2 Å². The molecule has 0 aromatic heterocycles. The molecule has 0 aliphatic carbocycles. The van der Waals surface area contributed by atoms with E-state index in [1.807, 2.05) is 0 Å².